The molecule has 4 heteroatoms. The van der Waals surface area contributed by atoms with Crippen molar-refractivity contribution < 1.29 is 4.74 Å². The SMILES string of the molecule is Cc1ccc(C2=C[C@H]3c4ccccc4OC4(CCN(Cc5ccccc5)CC4)N3N2)cc1. The fourth-order valence-corrected chi connectivity index (χ4v) is 5.26. The highest BCUT2D eigenvalue weighted by molar-refractivity contribution is 5.67. The highest BCUT2D eigenvalue weighted by atomic mass is 16.5. The minimum absolute atomic E-state index is 0.178. The lowest BCUT2D eigenvalue weighted by molar-refractivity contribution is -0.160. The standard InChI is InChI=1S/C28H29N3O/c1-21-11-13-23(14-12-21)25-19-26-24-9-5-6-10-27(24)32-28(31(26)29-25)15-17-30(18-16-28)20-22-7-3-2-4-8-22/h2-14,19,26,29H,15-18,20H2,1H3/t26-/m0/s1. The van der Waals surface area contributed by atoms with Crippen LogP contribution in [0.4, 0.5) is 0 Å². The number of benzene rings is 3. The van der Waals surface area contributed by atoms with Crippen LogP contribution in [-0.4, -0.2) is 28.7 Å². The summed E-state index contributed by atoms with van der Waals surface area (Å²) in [7, 11) is 0. The predicted octanol–water partition coefficient (Wildman–Crippen LogP) is 5.28. The number of hydrogen-bond acceptors (Lipinski definition) is 4. The van der Waals surface area contributed by atoms with E-state index in [2.05, 4.69) is 107 Å². The fourth-order valence-electron chi connectivity index (χ4n) is 5.26. The molecule has 0 amide bonds. The van der Waals surface area contributed by atoms with Crippen molar-refractivity contribution in [2.24, 2.45) is 0 Å². The largest absolute Gasteiger partial charge is 0.470 e. The molecule has 0 radical (unpaired) electrons. The van der Waals surface area contributed by atoms with Gasteiger partial charge in [0.05, 0.1) is 11.7 Å². The molecule has 162 valence electrons. The first-order valence-electron chi connectivity index (χ1n) is 11.6. The van der Waals surface area contributed by atoms with Gasteiger partial charge < -0.3 is 10.2 Å². The number of nitrogens with one attached hydrogen (secondary N) is 1. The Labute approximate surface area is 190 Å². The number of aryl methyl sites for hydroxylation is 1. The molecule has 3 aromatic carbocycles. The Hall–Kier alpha value is -3.08. The van der Waals surface area contributed by atoms with E-state index in [1.165, 1.54) is 28.0 Å². The summed E-state index contributed by atoms with van der Waals surface area (Å²) in [6, 6.07) is 28.2. The van der Waals surface area contributed by atoms with Crippen LogP contribution < -0.4 is 10.2 Å². The minimum atomic E-state index is -0.338. The van der Waals surface area contributed by atoms with Gasteiger partial charge in [-0.1, -0.05) is 78.4 Å². The van der Waals surface area contributed by atoms with Gasteiger partial charge in [0.15, 0.2) is 5.72 Å². The number of likely N-dealkylation sites (tertiary alicyclic amines) is 1. The van der Waals surface area contributed by atoms with E-state index in [1.807, 2.05) is 0 Å². The lowest BCUT2D eigenvalue weighted by atomic mass is 9.92. The summed E-state index contributed by atoms with van der Waals surface area (Å²) in [5.41, 5.74) is 9.69. The van der Waals surface area contributed by atoms with Gasteiger partial charge in [-0.3, -0.25) is 4.90 Å². The highest BCUT2D eigenvalue weighted by Crippen LogP contribution is 2.48. The van der Waals surface area contributed by atoms with E-state index in [0.29, 0.717) is 0 Å². The number of hydrazine groups is 1. The van der Waals surface area contributed by atoms with E-state index < -0.39 is 0 Å². The molecule has 4 nitrogen and oxygen atoms in total. The van der Waals surface area contributed by atoms with Gasteiger partial charge in [-0.15, -0.1) is 0 Å². The van der Waals surface area contributed by atoms with Gasteiger partial charge in [-0.25, -0.2) is 0 Å². The first-order chi connectivity index (χ1) is 15.7. The molecule has 0 aromatic heterocycles. The lowest BCUT2D eigenvalue weighted by Gasteiger charge is -2.51. The molecule has 1 fully saturated rings. The number of piperidine rings is 1. The van der Waals surface area contributed by atoms with E-state index in [9.17, 15) is 0 Å². The molecular formula is C28H29N3O. The second-order valence-electron chi connectivity index (χ2n) is 9.22. The maximum absolute atomic E-state index is 6.78. The van der Waals surface area contributed by atoms with E-state index in [-0.39, 0.29) is 11.8 Å². The van der Waals surface area contributed by atoms with Gasteiger partial charge in [0.2, 0.25) is 0 Å². The van der Waals surface area contributed by atoms with Crippen LogP contribution in [-0.2, 0) is 6.54 Å². The average Bonchev–Trinajstić information content (AvgIpc) is 3.29. The summed E-state index contributed by atoms with van der Waals surface area (Å²) in [5.74, 6) is 1.02. The van der Waals surface area contributed by atoms with Crippen LogP contribution in [0.25, 0.3) is 5.70 Å². The highest BCUT2D eigenvalue weighted by Gasteiger charge is 2.51. The van der Waals surface area contributed by atoms with Crippen LogP contribution in [0.3, 0.4) is 0 Å². The van der Waals surface area contributed by atoms with Crippen molar-refractivity contribution in [3.63, 3.8) is 0 Å². The lowest BCUT2D eigenvalue weighted by Crippen LogP contribution is -2.63. The van der Waals surface area contributed by atoms with E-state index in [0.717, 1.165) is 38.2 Å². The number of ether oxygens (including phenoxy) is 1. The quantitative estimate of drug-likeness (QED) is 0.620. The molecule has 6 rings (SSSR count). The van der Waals surface area contributed by atoms with Crippen molar-refractivity contribution in [3.05, 3.63) is 107 Å². The molecule has 1 atom stereocenters. The monoisotopic (exact) mass is 423 g/mol. The Morgan fingerprint density at radius 1 is 0.906 bits per heavy atom. The zero-order chi connectivity index (χ0) is 21.5. The Balaban J connectivity index is 1.28. The van der Waals surface area contributed by atoms with E-state index in [4.69, 9.17) is 4.74 Å². The van der Waals surface area contributed by atoms with Crippen LogP contribution in [0.1, 0.15) is 41.1 Å². The topological polar surface area (TPSA) is 27.7 Å². The van der Waals surface area contributed by atoms with Crippen molar-refractivity contribution in [2.75, 3.05) is 13.1 Å². The van der Waals surface area contributed by atoms with Gasteiger partial charge in [0, 0.05) is 38.0 Å². The van der Waals surface area contributed by atoms with Crippen molar-refractivity contribution in [1.82, 2.24) is 15.3 Å². The van der Waals surface area contributed by atoms with Crippen LogP contribution in [0.15, 0.2) is 84.9 Å². The van der Waals surface area contributed by atoms with Crippen LogP contribution in [0, 0.1) is 6.92 Å². The number of para-hydroxylation sites is 1. The summed E-state index contributed by atoms with van der Waals surface area (Å²) in [5, 5.41) is 2.38. The van der Waals surface area contributed by atoms with Crippen molar-refractivity contribution in [2.45, 2.75) is 38.1 Å². The summed E-state index contributed by atoms with van der Waals surface area (Å²) in [6.45, 7) is 5.16. The third-order valence-corrected chi connectivity index (χ3v) is 7.07. The Bertz CT molecular complexity index is 1130. The van der Waals surface area contributed by atoms with E-state index >= 15 is 0 Å². The molecule has 0 aliphatic carbocycles. The van der Waals surface area contributed by atoms with Gasteiger partial charge in [0.25, 0.3) is 0 Å². The maximum Gasteiger partial charge on any atom is 0.182 e. The smallest absolute Gasteiger partial charge is 0.182 e. The summed E-state index contributed by atoms with van der Waals surface area (Å²) in [6.07, 6.45) is 4.30. The Morgan fingerprint density at radius 2 is 1.62 bits per heavy atom. The Morgan fingerprint density at radius 3 is 2.41 bits per heavy atom. The van der Waals surface area contributed by atoms with Gasteiger partial charge in [-0.05, 0) is 30.2 Å². The Kier molecular flexibility index (Phi) is 4.78. The number of nitrogens with zero attached hydrogens (tertiary/aromatic N) is 2. The minimum Gasteiger partial charge on any atom is -0.470 e. The van der Waals surface area contributed by atoms with Crippen molar-refractivity contribution >= 4 is 5.70 Å². The molecule has 3 aliphatic heterocycles. The third kappa shape index (κ3) is 3.40. The predicted molar refractivity (Wildman–Crippen MR) is 128 cm³/mol. The molecule has 1 saturated heterocycles. The van der Waals surface area contributed by atoms with Crippen LogP contribution in [0.2, 0.25) is 0 Å². The third-order valence-electron chi connectivity index (χ3n) is 7.07. The van der Waals surface area contributed by atoms with Gasteiger partial charge in [0.1, 0.15) is 5.75 Å². The number of hydrogen-bond donors (Lipinski definition) is 1. The average molecular weight is 424 g/mol. The molecule has 1 N–H and O–H groups in total. The maximum atomic E-state index is 6.78. The zero-order valence-electron chi connectivity index (χ0n) is 18.5. The first-order valence-corrected chi connectivity index (χ1v) is 11.6. The van der Waals surface area contributed by atoms with Crippen molar-refractivity contribution in [3.8, 4) is 5.75 Å². The summed E-state index contributed by atoms with van der Waals surface area (Å²) >= 11 is 0. The zero-order valence-corrected chi connectivity index (χ0v) is 18.5. The molecule has 3 heterocycles. The molecular weight excluding hydrogens is 394 g/mol. The number of rotatable bonds is 3. The molecule has 32 heavy (non-hydrogen) atoms. The molecule has 3 aliphatic rings. The summed E-state index contributed by atoms with van der Waals surface area (Å²) in [4.78, 5) is 2.55. The first kappa shape index (κ1) is 19.6. The normalized spacial score (nSPS) is 21.9. The number of fused-ring (bicyclic) bond motifs is 4. The molecule has 1 spiro atoms. The molecule has 0 saturated carbocycles. The molecule has 0 bridgehead atoms. The van der Waals surface area contributed by atoms with Gasteiger partial charge in [-0.2, -0.15) is 5.01 Å². The fraction of sp³-hybridized carbons (Fsp3) is 0.286. The second-order valence-corrected chi connectivity index (χ2v) is 9.22. The van der Waals surface area contributed by atoms with Crippen LogP contribution in [0.5, 0.6) is 5.75 Å². The van der Waals surface area contributed by atoms with Crippen LogP contribution >= 0.6 is 0 Å². The van der Waals surface area contributed by atoms with Gasteiger partial charge >= 0.3 is 0 Å². The van der Waals surface area contributed by atoms with E-state index in [1.54, 1.807) is 0 Å². The molecule has 0 unspecified atom stereocenters. The van der Waals surface area contributed by atoms with Crippen molar-refractivity contribution in [1.29, 1.82) is 0 Å². The molecule has 3 aromatic rings. The second kappa shape index (κ2) is 7.80. The summed E-state index contributed by atoms with van der Waals surface area (Å²) < 4.78 is 6.78.